The Bertz CT molecular complexity index is 562. The third-order valence-electron chi connectivity index (χ3n) is 4.34. The molecule has 0 radical (unpaired) electrons. The van der Waals surface area contributed by atoms with Crippen LogP contribution in [0.3, 0.4) is 0 Å². The summed E-state index contributed by atoms with van der Waals surface area (Å²) in [6, 6.07) is 8.05. The van der Waals surface area contributed by atoms with Crippen LogP contribution in [0.25, 0.3) is 0 Å². The molecule has 0 amide bonds. The van der Waals surface area contributed by atoms with Crippen LogP contribution in [0.4, 0.5) is 0 Å². The van der Waals surface area contributed by atoms with Gasteiger partial charge in [0.15, 0.2) is 5.96 Å². The van der Waals surface area contributed by atoms with E-state index >= 15 is 0 Å². The maximum Gasteiger partial charge on any atom is 0.191 e. The number of nitrogens with one attached hydrogen (secondary N) is 2. The predicted octanol–water partition coefficient (Wildman–Crippen LogP) is 2.51. The fraction of sp³-hybridized carbons (Fsp3) is 0.550. The molecule has 5 nitrogen and oxygen atoms in total. The highest BCUT2D eigenvalue weighted by atomic mass is 127. The van der Waals surface area contributed by atoms with Crippen molar-refractivity contribution in [1.29, 1.82) is 0 Å². The molecule has 1 aliphatic heterocycles. The van der Waals surface area contributed by atoms with Gasteiger partial charge in [0.2, 0.25) is 0 Å². The van der Waals surface area contributed by atoms with E-state index in [0.29, 0.717) is 6.61 Å². The second kappa shape index (κ2) is 13.7. The van der Waals surface area contributed by atoms with Crippen LogP contribution in [0.5, 0.6) is 5.75 Å². The summed E-state index contributed by atoms with van der Waals surface area (Å²) in [5, 5.41) is 6.76. The van der Waals surface area contributed by atoms with Gasteiger partial charge >= 0.3 is 0 Å². The van der Waals surface area contributed by atoms with Crippen LogP contribution in [0.1, 0.15) is 24.8 Å². The van der Waals surface area contributed by atoms with Gasteiger partial charge in [-0.2, -0.15) is 0 Å². The van der Waals surface area contributed by atoms with E-state index in [9.17, 15) is 0 Å². The second-order valence-corrected chi connectivity index (χ2v) is 6.21. The van der Waals surface area contributed by atoms with Crippen molar-refractivity contribution in [2.24, 2.45) is 4.99 Å². The largest absolute Gasteiger partial charge is 0.481 e. The Labute approximate surface area is 175 Å². The Morgan fingerprint density at radius 2 is 1.85 bits per heavy atom. The molecule has 1 fully saturated rings. The van der Waals surface area contributed by atoms with Crippen LogP contribution in [0, 0.1) is 12.3 Å². The number of hydrogen-bond donors (Lipinski definition) is 2. The first-order valence-corrected chi connectivity index (χ1v) is 9.14. The smallest absolute Gasteiger partial charge is 0.191 e. The van der Waals surface area contributed by atoms with E-state index in [0.717, 1.165) is 37.8 Å². The SMILES string of the molecule is C#CCOc1ccc(CCNC(=NC)NCCN2CCCCC2)cc1.I. The molecule has 1 aliphatic rings. The highest BCUT2D eigenvalue weighted by Gasteiger charge is 2.09. The van der Waals surface area contributed by atoms with Crippen molar-refractivity contribution in [1.82, 2.24) is 15.5 Å². The Balaban J connectivity index is 0.00000338. The Hall–Kier alpha value is -1.46. The van der Waals surface area contributed by atoms with Gasteiger partial charge < -0.3 is 20.3 Å². The third kappa shape index (κ3) is 8.77. The standard InChI is InChI=1S/C20H30N4O.HI/c1-3-17-25-19-9-7-18(8-10-19)11-12-22-20(21-2)23-13-16-24-14-5-4-6-15-24;/h1,7-10H,4-6,11-17H2,2H3,(H2,21,22,23);1H. The number of halogens is 1. The number of piperidine rings is 1. The molecule has 0 atom stereocenters. The lowest BCUT2D eigenvalue weighted by molar-refractivity contribution is 0.232. The van der Waals surface area contributed by atoms with Gasteiger partial charge in [0, 0.05) is 26.7 Å². The average molecular weight is 470 g/mol. The maximum atomic E-state index is 5.38. The van der Waals surface area contributed by atoms with Crippen LogP contribution in [0.15, 0.2) is 29.3 Å². The van der Waals surface area contributed by atoms with E-state index in [1.54, 1.807) is 0 Å². The minimum atomic E-state index is 0. The van der Waals surface area contributed by atoms with Gasteiger partial charge in [0.1, 0.15) is 12.4 Å². The van der Waals surface area contributed by atoms with Crippen molar-refractivity contribution >= 4 is 29.9 Å². The number of aliphatic imine (C=N–C) groups is 1. The van der Waals surface area contributed by atoms with Crippen LogP contribution >= 0.6 is 24.0 Å². The molecule has 6 heteroatoms. The molecule has 0 aromatic heterocycles. The second-order valence-electron chi connectivity index (χ2n) is 6.21. The van der Waals surface area contributed by atoms with Gasteiger partial charge in [0.05, 0.1) is 0 Å². The lowest BCUT2D eigenvalue weighted by Crippen LogP contribution is -2.43. The molecule has 0 bridgehead atoms. The Kier molecular flexibility index (Phi) is 11.9. The molecule has 1 saturated heterocycles. The molecule has 0 saturated carbocycles. The fourth-order valence-electron chi connectivity index (χ4n) is 2.94. The molecule has 0 spiro atoms. The minimum Gasteiger partial charge on any atom is -0.481 e. The van der Waals surface area contributed by atoms with E-state index in [-0.39, 0.29) is 24.0 Å². The average Bonchev–Trinajstić information content (AvgIpc) is 2.67. The van der Waals surface area contributed by atoms with Gasteiger partial charge in [-0.1, -0.05) is 24.5 Å². The van der Waals surface area contributed by atoms with Gasteiger partial charge in [-0.25, -0.2) is 0 Å². The summed E-state index contributed by atoms with van der Waals surface area (Å²) in [5.74, 6) is 4.14. The number of terminal acetylenes is 1. The highest BCUT2D eigenvalue weighted by Crippen LogP contribution is 2.12. The molecule has 26 heavy (non-hydrogen) atoms. The number of rotatable bonds is 8. The Morgan fingerprint density at radius 1 is 1.15 bits per heavy atom. The van der Waals surface area contributed by atoms with Crippen LogP contribution in [-0.4, -0.2) is 57.2 Å². The first kappa shape index (κ1) is 22.6. The lowest BCUT2D eigenvalue weighted by atomic mass is 10.1. The van der Waals surface area contributed by atoms with Gasteiger partial charge in [0.25, 0.3) is 0 Å². The van der Waals surface area contributed by atoms with Crippen LogP contribution in [-0.2, 0) is 6.42 Å². The zero-order chi connectivity index (χ0) is 17.7. The topological polar surface area (TPSA) is 48.9 Å². The predicted molar refractivity (Wildman–Crippen MR) is 120 cm³/mol. The summed E-state index contributed by atoms with van der Waals surface area (Å²) < 4.78 is 5.38. The molecule has 1 aromatic rings. The number of nitrogens with zero attached hydrogens (tertiary/aromatic N) is 2. The van der Waals surface area contributed by atoms with Crippen molar-refractivity contribution in [3.63, 3.8) is 0 Å². The number of hydrogen-bond acceptors (Lipinski definition) is 3. The van der Waals surface area contributed by atoms with Gasteiger partial charge in [-0.3, -0.25) is 4.99 Å². The molecule has 1 heterocycles. The van der Waals surface area contributed by atoms with Gasteiger partial charge in [-0.15, -0.1) is 30.4 Å². The molecular formula is C20H31IN4O. The number of benzene rings is 1. The van der Waals surface area contributed by atoms with Crippen molar-refractivity contribution in [2.75, 3.05) is 46.4 Å². The summed E-state index contributed by atoms with van der Waals surface area (Å²) in [7, 11) is 1.81. The van der Waals surface area contributed by atoms with E-state index in [1.807, 2.05) is 19.2 Å². The summed E-state index contributed by atoms with van der Waals surface area (Å²) >= 11 is 0. The normalized spacial score (nSPS) is 14.8. The molecular weight excluding hydrogens is 439 g/mol. The number of guanidine groups is 1. The van der Waals surface area contributed by atoms with E-state index in [2.05, 4.69) is 38.6 Å². The molecule has 144 valence electrons. The summed E-state index contributed by atoms with van der Waals surface area (Å²) in [5.41, 5.74) is 1.25. The van der Waals surface area contributed by atoms with E-state index in [4.69, 9.17) is 11.2 Å². The van der Waals surface area contributed by atoms with Crippen LogP contribution < -0.4 is 15.4 Å². The zero-order valence-electron chi connectivity index (χ0n) is 15.7. The number of ether oxygens (including phenoxy) is 1. The van der Waals surface area contributed by atoms with Crippen molar-refractivity contribution < 1.29 is 4.74 Å². The summed E-state index contributed by atoms with van der Waals surface area (Å²) in [4.78, 5) is 6.81. The minimum absolute atomic E-state index is 0. The molecule has 2 rings (SSSR count). The zero-order valence-corrected chi connectivity index (χ0v) is 18.0. The first-order valence-electron chi connectivity index (χ1n) is 9.14. The highest BCUT2D eigenvalue weighted by molar-refractivity contribution is 14.0. The maximum absolute atomic E-state index is 5.38. The van der Waals surface area contributed by atoms with Gasteiger partial charge in [-0.05, 0) is 50.0 Å². The van der Waals surface area contributed by atoms with Crippen molar-refractivity contribution in [3.05, 3.63) is 29.8 Å². The quantitative estimate of drug-likeness (QED) is 0.266. The molecule has 1 aromatic carbocycles. The van der Waals surface area contributed by atoms with E-state index < -0.39 is 0 Å². The van der Waals surface area contributed by atoms with Crippen molar-refractivity contribution in [2.45, 2.75) is 25.7 Å². The molecule has 0 aliphatic carbocycles. The van der Waals surface area contributed by atoms with Crippen LogP contribution in [0.2, 0.25) is 0 Å². The molecule has 0 unspecified atom stereocenters. The fourth-order valence-corrected chi connectivity index (χ4v) is 2.94. The van der Waals surface area contributed by atoms with Crippen molar-refractivity contribution in [3.8, 4) is 18.1 Å². The monoisotopic (exact) mass is 470 g/mol. The number of likely N-dealkylation sites (tertiary alicyclic amines) is 1. The lowest BCUT2D eigenvalue weighted by Gasteiger charge is -2.26. The summed E-state index contributed by atoms with van der Waals surface area (Å²) in [6.07, 6.45) is 10.2. The van der Waals surface area contributed by atoms with E-state index in [1.165, 1.54) is 37.9 Å². The first-order chi connectivity index (χ1) is 12.3. The Morgan fingerprint density at radius 3 is 2.50 bits per heavy atom. The summed E-state index contributed by atoms with van der Waals surface area (Å²) in [6.45, 7) is 5.62. The molecule has 2 N–H and O–H groups in total. The third-order valence-corrected chi connectivity index (χ3v) is 4.34.